The number of hydrogen-bond donors (Lipinski definition) is 0. The van der Waals surface area contributed by atoms with Crippen LogP contribution in [0.3, 0.4) is 0 Å². The first-order valence-corrected chi connectivity index (χ1v) is 5.76. The van der Waals surface area contributed by atoms with Gasteiger partial charge in [-0.05, 0) is 10.5 Å². The number of methoxy groups -OCH3 is 1. The molecule has 0 amide bonds. The summed E-state index contributed by atoms with van der Waals surface area (Å²) in [7, 11) is 1.68. The third-order valence-corrected chi connectivity index (χ3v) is 2.60. The van der Waals surface area contributed by atoms with Gasteiger partial charge in [0, 0.05) is 7.11 Å². The molecule has 0 N–H and O–H groups in total. The normalized spacial score (nSPS) is 20.2. The molecule has 92 valence electrons. The summed E-state index contributed by atoms with van der Waals surface area (Å²) in [5.41, 5.74) is 0.245. The van der Waals surface area contributed by atoms with Gasteiger partial charge in [0.25, 0.3) is 0 Å². The molecule has 0 spiro atoms. The van der Waals surface area contributed by atoms with E-state index in [2.05, 4.69) is 32.1 Å². The van der Waals surface area contributed by atoms with Gasteiger partial charge in [0.2, 0.25) is 0 Å². The van der Waals surface area contributed by atoms with Gasteiger partial charge in [-0.25, -0.2) is 0 Å². The first-order valence-electron chi connectivity index (χ1n) is 5.76. The van der Waals surface area contributed by atoms with Crippen LogP contribution in [0.5, 0.6) is 0 Å². The minimum atomic E-state index is 0.245. The van der Waals surface area contributed by atoms with Crippen molar-refractivity contribution in [2.45, 2.75) is 20.8 Å². The van der Waals surface area contributed by atoms with Crippen molar-refractivity contribution in [2.75, 3.05) is 33.5 Å². The molecule has 1 atom stereocenters. The average Bonchev–Trinajstić information content (AvgIpc) is 2.65. The second-order valence-electron chi connectivity index (χ2n) is 5.07. The van der Waals surface area contributed by atoms with Gasteiger partial charge in [-0.15, -0.1) is 0 Å². The van der Waals surface area contributed by atoms with E-state index < -0.39 is 0 Å². The maximum absolute atomic E-state index is 5.40. The number of rotatable bonds is 6. The molecule has 4 heteroatoms. The number of hydrogen-bond acceptors (Lipinski definition) is 3. The van der Waals surface area contributed by atoms with E-state index in [1.165, 1.54) is 0 Å². The zero-order valence-corrected chi connectivity index (χ0v) is 10.8. The minimum absolute atomic E-state index is 0.245. The molecule has 0 fully saturated rings. The fraction of sp³-hybridized carbons (Fsp3) is 0.833. The lowest BCUT2D eigenvalue weighted by atomic mass is 9.83. The summed E-state index contributed by atoms with van der Waals surface area (Å²) >= 11 is 0. The summed E-state index contributed by atoms with van der Waals surface area (Å²) in [6.45, 7) is 9.46. The van der Waals surface area contributed by atoms with Crippen LogP contribution >= 0.6 is 0 Å². The maximum Gasteiger partial charge on any atom is 0.197 e. The van der Waals surface area contributed by atoms with Gasteiger partial charge in [0.05, 0.1) is 25.3 Å². The van der Waals surface area contributed by atoms with E-state index in [1.807, 2.05) is 10.9 Å². The van der Waals surface area contributed by atoms with Crippen LogP contribution in [-0.4, -0.2) is 50.6 Å². The average molecular weight is 227 g/mol. The minimum Gasteiger partial charge on any atom is -0.382 e. The zero-order chi connectivity index (χ0) is 12.0. The molecule has 0 radical (unpaired) electrons. The maximum atomic E-state index is 5.40. The van der Waals surface area contributed by atoms with Gasteiger partial charge in [0.15, 0.2) is 12.8 Å². The zero-order valence-electron chi connectivity index (χ0n) is 10.8. The highest BCUT2D eigenvalue weighted by molar-refractivity contribution is 5.84. The molecular weight excluding hydrogens is 204 g/mol. The molecule has 1 heterocycles. The van der Waals surface area contributed by atoms with Crippen molar-refractivity contribution in [3.05, 3.63) is 0 Å². The van der Waals surface area contributed by atoms with Crippen molar-refractivity contribution < 1.29 is 14.2 Å². The fourth-order valence-corrected chi connectivity index (χ4v) is 1.40. The highest BCUT2D eigenvalue weighted by Crippen LogP contribution is 2.24. The summed E-state index contributed by atoms with van der Waals surface area (Å²) < 4.78 is 12.3. The smallest absolute Gasteiger partial charge is 0.197 e. The Morgan fingerprint density at radius 2 is 2.00 bits per heavy atom. The molecule has 0 aromatic rings. The molecule has 0 bridgehead atoms. The van der Waals surface area contributed by atoms with E-state index in [1.54, 1.807) is 7.11 Å². The molecule has 0 aliphatic carbocycles. The summed E-state index contributed by atoms with van der Waals surface area (Å²) in [5, 5.41) is 4.34. The Kier molecular flexibility index (Phi) is 5.09. The van der Waals surface area contributed by atoms with E-state index in [4.69, 9.17) is 9.47 Å². The summed E-state index contributed by atoms with van der Waals surface area (Å²) in [4.78, 5) is 0. The monoisotopic (exact) mass is 227 g/mol. The quantitative estimate of drug-likeness (QED) is 0.507. The van der Waals surface area contributed by atoms with Gasteiger partial charge >= 0.3 is 0 Å². The topological polar surface area (TPSA) is 33.8 Å². The molecule has 0 saturated heterocycles. The lowest BCUT2D eigenvalue weighted by Gasteiger charge is -2.18. The Hall–Kier alpha value is -0.740. The molecule has 1 aliphatic heterocycles. The number of hydrazone groups is 1. The van der Waals surface area contributed by atoms with Crippen LogP contribution in [0.2, 0.25) is 0 Å². The van der Waals surface area contributed by atoms with Gasteiger partial charge in [0.1, 0.15) is 6.61 Å². The van der Waals surface area contributed by atoms with Crippen LogP contribution in [0.25, 0.3) is 0 Å². The van der Waals surface area contributed by atoms with Crippen molar-refractivity contribution in [1.29, 1.82) is 0 Å². The van der Waals surface area contributed by atoms with Gasteiger partial charge < -0.3 is 9.47 Å². The SMILES string of the molecule is COCCOCC[N+]1=CC(C(C)(C)C)C=N1. The third kappa shape index (κ3) is 4.41. The lowest BCUT2D eigenvalue weighted by molar-refractivity contribution is -0.529. The van der Waals surface area contributed by atoms with Crippen LogP contribution < -0.4 is 0 Å². The van der Waals surface area contributed by atoms with Crippen molar-refractivity contribution >= 4 is 12.4 Å². The predicted molar refractivity (Wildman–Crippen MR) is 65.3 cm³/mol. The van der Waals surface area contributed by atoms with E-state index in [0.717, 1.165) is 6.54 Å². The van der Waals surface area contributed by atoms with Crippen LogP contribution in [-0.2, 0) is 9.47 Å². The second-order valence-corrected chi connectivity index (χ2v) is 5.07. The first-order chi connectivity index (χ1) is 7.54. The van der Waals surface area contributed by atoms with Crippen LogP contribution in [0, 0.1) is 11.3 Å². The molecule has 0 saturated carbocycles. The van der Waals surface area contributed by atoms with Gasteiger partial charge in [-0.1, -0.05) is 25.5 Å². The highest BCUT2D eigenvalue weighted by Gasteiger charge is 2.29. The third-order valence-electron chi connectivity index (χ3n) is 2.60. The first kappa shape index (κ1) is 13.3. The Labute approximate surface area is 97.9 Å². The van der Waals surface area contributed by atoms with Gasteiger partial charge in [-0.3, -0.25) is 0 Å². The van der Waals surface area contributed by atoms with Crippen LogP contribution in [0.1, 0.15) is 20.8 Å². The Balaban J connectivity index is 2.23. The van der Waals surface area contributed by atoms with Crippen molar-refractivity contribution in [2.24, 2.45) is 16.4 Å². The predicted octanol–water partition coefficient (Wildman–Crippen LogP) is 1.39. The largest absolute Gasteiger partial charge is 0.382 e. The molecule has 16 heavy (non-hydrogen) atoms. The van der Waals surface area contributed by atoms with E-state index in [-0.39, 0.29) is 5.41 Å². The summed E-state index contributed by atoms with van der Waals surface area (Å²) in [6, 6.07) is 0. The Morgan fingerprint density at radius 1 is 1.25 bits per heavy atom. The van der Waals surface area contributed by atoms with E-state index >= 15 is 0 Å². The number of ether oxygens (including phenoxy) is 2. The van der Waals surface area contributed by atoms with Crippen LogP contribution in [0.4, 0.5) is 0 Å². The lowest BCUT2D eigenvalue weighted by Crippen LogP contribution is -2.23. The van der Waals surface area contributed by atoms with Crippen molar-refractivity contribution in [3.8, 4) is 0 Å². The molecule has 1 unspecified atom stereocenters. The summed E-state index contributed by atoms with van der Waals surface area (Å²) in [6.07, 6.45) is 4.18. The standard InChI is InChI=1S/C12H23N2O2/c1-12(2,3)11-9-13-14(10-11)5-6-16-8-7-15-4/h9-11H,5-8H2,1-4H3/q+1. The van der Waals surface area contributed by atoms with Gasteiger partial charge in [-0.2, -0.15) is 0 Å². The van der Waals surface area contributed by atoms with E-state index in [0.29, 0.717) is 25.7 Å². The summed E-state index contributed by atoms with van der Waals surface area (Å²) in [5.74, 6) is 0.423. The number of nitrogens with zero attached hydrogens (tertiary/aromatic N) is 2. The van der Waals surface area contributed by atoms with E-state index in [9.17, 15) is 0 Å². The Morgan fingerprint density at radius 3 is 2.56 bits per heavy atom. The van der Waals surface area contributed by atoms with Crippen molar-refractivity contribution in [3.63, 3.8) is 0 Å². The van der Waals surface area contributed by atoms with Crippen LogP contribution in [0.15, 0.2) is 5.10 Å². The highest BCUT2D eigenvalue weighted by atomic mass is 16.5. The molecular formula is C12H23N2O2+. The fourth-order valence-electron chi connectivity index (χ4n) is 1.40. The molecule has 1 aliphatic rings. The molecule has 4 nitrogen and oxygen atoms in total. The second kappa shape index (κ2) is 6.11. The Bertz CT molecular complexity index is 267. The molecule has 1 rings (SSSR count). The van der Waals surface area contributed by atoms with Crippen molar-refractivity contribution in [1.82, 2.24) is 0 Å². The molecule has 0 aromatic carbocycles. The molecule has 0 aromatic heterocycles.